The van der Waals surface area contributed by atoms with Gasteiger partial charge in [0.05, 0.1) is 23.9 Å². The van der Waals surface area contributed by atoms with E-state index in [1.165, 1.54) is 7.11 Å². The maximum absolute atomic E-state index is 12.0. The molecule has 0 unspecified atom stereocenters. The molecule has 0 spiro atoms. The molecule has 1 aliphatic rings. The van der Waals surface area contributed by atoms with E-state index >= 15 is 0 Å². The van der Waals surface area contributed by atoms with Crippen LogP contribution in [-0.2, 0) is 16.1 Å². The Bertz CT molecular complexity index is 718. The molecule has 5 heteroatoms. The number of nitrogens with zero attached hydrogens (tertiary/aromatic N) is 2. The second kappa shape index (κ2) is 5.24. The number of hydrogen-bond donors (Lipinski definition) is 0. The second-order valence-corrected chi connectivity index (χ2v) is 5.17. The topological polar surface area (TPSA) is 51.5 Å². The van der Waals surface area contributed by atoms with E-state index in [9.17, 15) is 9.59 Å². The van der Waals surface area contributed by atoms with Crippen molar-refractivity contribution in [3.05, 3.63) is 30.0 Å². The van der Waals surface area contributed by atoms with Gasteiger partial charge in [0.15, 0.2) is 0 Å². The summed E-state index contributed by atoms with van der Waals surface area (Å²) in [5.74, 6) is -0.267. The Morgan fingerprint density at radius 2 is 2.19 bits per heavy atom. The second-order valence-electron chi connectivity index (χ2n) is 5.17. The number of aryl methyl sites for hydroxylation is 1. The number of benzene rings is 1. The third-order valence-corrected chi connectivity index (χ3v) is 3.99. The molecule has 0 radical (unpaired) electrons. The Hall–Kier alpha value is -2.30. The molecule has 110 valence electrons. The third-order valence-electron chi connectivity index (χ3n) is 3.99. The van der Waals surface area contributed by atoms with Crippen LogP contribution in [0.5, 0.6) is 0 Å². The van der Waals surface area contributed by atoms with Crippen molar-refractivity contribution >= 4 is 28.5 Å². The fraction of sp³-hybridized carbons (Fsp3) is 0.375. The molecule has 2 aromatic rings. The molecule has 0 aliphatic carbocycles. The van der Waals surface area contributed by atoms with Gasteiger partial charge in [-0.3, -0.25) is 4.79 Å². The average molecular weight is 286 g/mol. The van der Waals surface area contributed by atoms with Gasteiger partial charge >= 0.3 is 5.97 Å². The molecule has 0 saturated carbocycles. The number of methoxy groups -OCH3 is 1. The first kappa shape index (κ1) is 13.7. The van der Waals surface area contributed by atoms with Gasteiger partial charge in [-0.1, -0.05) is 0 Å². The van der Waals surface area contributed by atoms with E-state index in [1.807, 2.05) is 25.3 Å². The monoisotopic (exact) mass is 286 g/mol. The molecule has 0 N–H and O–H groups in total. The third kappa shape index (κ3) is 2.18. The van der Waals surface area contributed by atoms with Crippen LogP contribution in [0, 0.1) is 0 Å². The van der Waals surface area contributed by atoms with Crippen LogP contribution in [0.15, 0.2) is 24.4 Å². The van der Waals surface area contributed by atoms with E-state index in [0.717, 1.165) is 29.6 Å². The minimum atomic E-state index is -0.381. The quantitative estimate of drug-likeness (QED) is 0.815. The summed E-state index contributed by atoms with van der Waals surface area (Å²) >= 11 is 0. The normalized spacial score (nSPS) is 15.0. The molecule has 5 nitrogen and oxygen atoms in total. The SMILES string of the molecule is CCn1ccc2c(N3CCCC3=O)cc(C(=O)OC)cc21. The lowest BCUT2D eigenvalue weighted by Gasteiger charge is -2.18. The fourth-order valence-electron chi connectivity index (χ4n) is 2.91. The largest absolute Gasteiger partial charge is 0.465 e. The number of esters is 1. The van der Waals surface area contributed by atoms with Crippen molar-refractivity contribution in [2.75, 3.05) is 18.6 Å². The van der Waals surface area contributed by atoms with Crippen LogP contribution >= 0.6 is 0 Å². The van der Waals surface area contributed by atoms with Crippen LogP contribution in [0.2, 0.25) is 0 Å². The van der Waals surface area contributed by atoms with E-state index in [0.29, 0.717) is 18.5 Å². The molecular formula is C16H18N2O3. The van der Waals surface area contributed by atoms with Gasteiger partial charge in [-0.25, -0.2) is 4.79 Å². The highest BCUT2D eigenvalue weighted by Crippen LogP contribution is 2.32. The molecule has 1 aromatic carbocycles. The van der Waals surface area contributed by atoms with Gasteiger partial charge in [0.2, 0.25) is 5.91 Å². The number of aromatic nitrogens is 1. The van der Waals surface area contributed by atoms with Crippen molar-refractivity contribution in [1.29, 1.82) is 0 Å². The summed E-state index contributed by atoms with van der Waals surface area (Å²) in [7, 11) is 1.37. The number of carbonyl (C=O) groups is 2. The van der Waals surface area contributed by atoms with E-state index in [4.69, 9.17) is 4.74 Å². The summed E-state index contributed by atoms with van der Waals surface area (Å²) in [6.07, 6.45) is 3.41. The van der Waals surface area contributed by atoms with Crippen LogP contribution in [0.3, 0.4) is 0 Å². The van der Waals surface area contributed by atoms with Crippen LogP contribution in [0.25, 0.3) is 10.9 Å². The summed E-state index contributed by atoms with van der Waals surface area (Å²) < 4.78 is 6.89. The van der Waals surface area contributed by atoms with E-state index < -0.39 is 0 Å². The number of ether oxygens (including phenoxy) is 1. The molecule has 1 saturated heterocycles. The highest BCUT2D eigenvalue weighted by molar-refractivity contribution is 6.07. The number of amides is 1. The molecule has 1 aromatic heterocycles. The van der Waals surface area contributed by atoms with Crippen molar-refractivity contribution in [2.24, 2.45) is 0 Å². The average Bonchev–Trinajstić information content (AvgIpc) is 3.11. The molecule has 1 fully saturated rings. The maximum atomic E-state index is 12.0. The lowest BCUT2D eigenvalue weighted by Crippen LogP contribution is -2.24. The highest BCUT2D eigenvalue weighted by Gasteiger charge is 2.25. The predicted octanol–water partition coefficient (Wildman–Crippen LogP) is 2.57. The van der Waals surface area contributed by atoms with E-state index in [2.05, 4.69) is 4.57 Å². The summed E-state index contributed by atoms with van der Waals surface area (Å²) in [6, 6.07) is 5.59. The van der Waals surface area contributed by atoms with Crippen molar-refractivity contribution in [3.63, 3.8) is 0 Å². The minimum Gasteiger partial charge on any atom is -0.465 e. The van der Waals surface area contributed by atoms with Gasteiger partial charge in [0, 0.05) is 31.1 Å². The van der Waals surface area contributed by atoms with Gasteiger partial charge in [-0.05, 0) is 31.5 Å². The smallest absolute Gasteiger partial charge is 0.337 e. The molecule has 0 bridgehead atoms. The molecule has 21 heavy (non-hydrogen) atoms. The zero-order valence-corrected chi connectivity index (χ0v) is 12.3. The van der Waals surface area contributed by atoms with E-state index in [1.54, 1.807) is 11.0 Å². The minimum absolute atomic E-state index is 0.113. The van der Waals surface area contributed by atoms with Gasteiger partial charge in [0.25, 0.3) is 0 Å². The lowest BCUT2D eigenvalue weighted by atomic mass is 10.1. The summed E-state index contributed by atoms with van der Waals surface area (Å²) in [5.41, 5.74) is 2.24. The number of fused-ring (bicyclic) bond motifs is 1. The molecule has 3 rings (SSSR count). The molecule has 1 aliphatic heterocycles. The zero-order valence-electron chi connectivity index (χ0n) is 12.3. The summed E-state index contributed by atoms with van der Waals surface area (Å²) in [4.78, 5) is 25.7. The number of rotatable bonds is 3. The highest BCUT2D eigenvalue weighted by atomic mass is 16.5. The van der Waals surface area contributed by atoms with Gasteiger partial charge in [0.1, 0.15) is 0 Å². The standard InChI is InChI=1S/C16H18N2O3/c1-3-17-8-6-12-13(17)9-11(16(20)21-2)10-14(12)18-7-4-5-15(18)19/h6,8-10H,3-5,7H2,1-2H3. The van der Waals surface area contributed by atoms with Gasteiger partial charge < -0.3 is 14.2 Å². The Morgan fingerprint density at radius 1 is 1.38 bits per heavy atom. The van der Waals surface area contributed by atoms with Crippen LogP contribution in [-0.4, -0.2) is 30.1 Å². The molecular weight excluding hydrogens is 268 g/mol. The Morgan fingerprint density at radius 3 is 2.81 bits per heavy atom. The number of carbonyl (C=O) groups excluding carboxylic acids is 2. The number of hydrogen-bond acceptors (Lipinski definition) is 3. The van der Waals surface area contributed by atoms with Gasteiger partial charge in [-0.15, -0.1) is 0 Å². The first-order chi connectivity index (χ1) is 10.2. The van der Waals surface area contributed by atoms with Crippen LogP contribution in [0.1, 0.15) is 30.1 Å². The maximum Gasteiger partial charge on any atom is 0.337 e. The Kier molecular flexibility index (Phi) is 3.41. The van der Waals surface area contributed by atoms with Crippen molar-refractivity contribution in [2.45, 2.75) is 26.3 Å². The van der Waals surface area contributed by atoms with Crippen LogP contribution in [0.4, 0.5) is 5.69 Å². The molecule has 2 heterocycles. The van der Waals surface area contributed by atoms with Crippen LogP contribution < -0.4 is 4.90 Å². The summed E-state index contributed by atoms with van der Waals surface area (Å²) in [6.45, 7) is 3.56. The zero-order chi connectivity index (χ0) is 15.0. The lowest BCUT2D eigenvalue weighted by molar-refractivity contribution is -0.117. The van der Waals surface area contributed by atoms with Crippen molar-refractivity contribution < 1.29 is 14.3 Å². The predicted molar refractivity (Wildman–Crippen MR) is 80.5 cm³/mol. The number of anilines is 1. The molecule has 0 atom stereocenters. The van der Waals surface area contributed by atoms with Crippen molar-refractivity contribution in [3.8, 4) is 0 Å². The first-order valence-electron chi connectivity index (χ1n) is 7.17. The molecule has 1 amide bonds. The van der Waals surface area contributed by atoms with E-state index in [-0.39, 0.29) is 11.9 Å². The van der Waals surface area contributed by atoms with Gasteiger partial charge in [-0.2, -0.15) is 0 Å². The summed E-state index contributed by atoms with van der Waals surface area (Å²) in [5, 5.41) is 1.000. The first-order valence-corrected chi connectivity index (χ1v) is 7.17. The Balaban J connectivity index is 2.23. The van der Waals surface area contributed by atoms with Crippen molar-refractivity contribution in [1.82, 2.24) is 4.57 Å². The Labute approximate surface area is 123 Å². The fourth-order valence-corrected chi connectivity index (χ4v) is 2.91.